The molecule has 0 aromatic carbocycles. The van der Waals surface area contributed by atoms with Crippen LogP contribution in [-0.4, -0.2) is 25.3 Å². The molecule has 2 rings (SSSR count). The van der Waals surface area contributed by atoms with Crippen LogP contribution < -0.4 is 5.32 Å². The summed E-state index contributed by atoms with van der Waals surface area (Å²) in [7, 11) is 0. The molecule has 1 unspecified atom stereocenters. The van der Waals surface area contributed by atoms with E-state index < -0.39 is 0 Å². The number of hydrogen-bond acceptors (Lipinski definition) is 2. The average Bonchev–Trinajstić information content (AvgIpc) is 2.89. The Bertz CT molecular complexity index is 225. The molecule has 0 radical (unpaired) electrons. The molecule has 1 aliphatic carbocycles. The molecule has 15 heavy (non-hydrogen) atoms. The molecule has 1 saturated carbocycles. The lowest BCUT2D eigenvalue weighted by molar-refractivity contribution is 0.144. The summed E-state index contributed by atoms with van der Waals surface area (Å²) in [5.74, 6) is 0.639. The summed E-state index contributed by atoms with van der Waals surface area (Å²) in [4.78, 5) is 0. The highest BCUT2D eigenvalue weighted by Crippen LogP contribution is 2.21. The van der Waals surface area contributed by atoms with Gasteiger partial charge in [0.2, 0.25) is 0 Å². The van der Waals surface area contributed by atoms with Crippen molar-refractivity contribution in [3.63, 3.8) is 0 Å². The van der Waals surface area contributed by atoms with E-state index in [0.717, 1.165) is 19.2 Å². The van der Waals surface area contributed by atoms with E-state index in [4.69, 9.17) is 4.74 Å². The van der Waals surface area contributed by atoms with Crippen LogP contribution in [0.5, 0.6) is 0 Å². The van der Waals surface area contributed by atoms with Crippen molar-refractivity contribution in [3.05, 3.63) is 11.6 Å². The fourth-order valence-corrected chi connectivity index (χ4v) is 1.98. The van der Waals surface area contributed by atoms with E-state index in [1.54, 1.807) is 0 Å². The number of ether oxygens (including phenoxy) is 1. The van der Waals surface area contributed by atoms with E-state index in [9.17, 15) is 0 Å². The van der Waals surface area contributed by atoms with E-state index in [1.807, 2.05) is 0 Å². The van der Waals surface area contributed by atoms with Gasteiger partial charge in [-0.05, 0) is 31.6 Å². The third-order valence-corrected chi connectivity index (χ3v) is 3.28. The number of rotatable bonds is 5. The van der Waals surface area contributed by atoms with Gasteiger partial charge in [0.05, 0.1) is 6.10 Å². The maximum atomic E-state index is 5.65. The molecule has 1 heterocycles. The first-order valence-corrected chi connectivity index (χ1v) is 6.31. The van der Waals surface area contributed by atoms with Crippen molar-refractivity contribution >= 4 is 0 Å². The van der Waals surface area contributed by atoms with Crippen LogP contribution in [0.3, 0.4) is 0 Å². The summed E-state index contributed by atoms with van der Waals surface area (Å²) in [6.45, 7) is 6.55. The molecule has 1 aliphatic heterocycles. The zero-order valence-corrected chi connectivity index (χ0v) is 9.96. The van der Waals surface area contributed by atoms with E-state index in [0.29, 0.717) is 12.0 Å². The number of nitrogens with one attached hydrogen (secondary N) is 1. The molecule has 2 nitrogen and oxygen atoms in total. The lowest BCUT2D eigenvalue weighted by Gasteiger charge is -2.14. The predicted molar refractivity (Wildman–Crippen MR) is 62.9 cm³/mol. The Balaban J connectivity index is 1.84. The molecule has 0 bridgehead atoms. The molecular formula is C13H23NO. The van der Waals surface area contributed by atoms with E-state index in [1.165, 1.54) is 31.3 Å². The first-order valence-electron chi connectivity index (χ1n) is 6.31. The van der Waals surface area contributed by atoms with Gasteiger partial charge in [-0.25, -0.2) is 0 Å². The second-order valence-electron chi connectivity index (χ2n) is 5.10. The van der Waals surface area contributed by atoms with Crippen LogP contribution in [-0.2, 0) is 4.74 Å². The van der Waals surface area contributed by atoms with E-state index in [2.05, 4.69) is 25.2 Å². The first-order chi connectivity index (χ1) is 7.25. The van der Waals surface area contributed by atoms with Gasteiger partial charge < -0.3 is 10.1 Å². The molecule has 2 aliphatic rings. The van der Waals surface area contributed by atoms with Crippen molar-refractivity contribution in [2.45, 2.75) is 51.7 Å². The highest BCUT2D eigenvalue weighted by Gasteiger charge is 2.21. The molecule has 0 aromatic rings. The Morgan fingerprint density at radius 3 is 2.73 bits per heavy atom. The second kappa shape index (κ2) is 5.13. The summed E-state index contributed by atoms with van der Waals surface area (Å²) in [5, 5.41) is 3.59. The molecule has 2 heteroatoms. The van der Waals surface area contributed by atoms with Crippen molar-refractivity contribution in [2.24, 2.45) is 5.92 Å². The second-order valence-corrected chi connectivity index (χ2v) is 5.10. The van der Waals surface area contributed by atoms with Crippen LogP contribution in [0.2, 0.25) is 0 Å². The Hall–Kier alpha value is -0.340. The largest absolute Gasteiger partial charge is 0.374 e. The molecule has 0 spiro atoms. The quantitative estimate of drug-likeness (QED) is 0.702. The van der Waals surface area contributed by atoms with Gasteiger partial charge in [-0.2, -0.15) is 0 Å². The molecule has 1 atom stereocenters. The van der Waals surface area contributed by atoms with Gasteiger partial charge in [0.25, 0.3) is 0 Å². The minimum atomic E-state index is 0.392. The Labute approximate surface area is 93.1 Å². The molecule has 0 aromatic heterocycles. The minimum Gasteiger partial charge on any atom is -0.374 e. The molecule has 0 amide bonds. The standard InChI is InChI=1S/C13H23NO/c1-10(2)11(9-14-12-5-6-12)8-13-4-3-7-15-13/h8,10,12-14H,3-7,9H2,1-2H3/b11-8-. The fourth-order valence-electron chi connectivity index (χ4n) is 1.98. The topological polar surface area (TPSA) is 21.3 Å². The van der Waals surface area contributed by atoms with Gasteiger partial charge >= 0.3 is 0 Å². The number of hydrogen-bond donors (Lipinski definition) is 1. The Kier molecular flexibility index (Phi) is 3.81. The summed E-state index contributed by atoms with van der Waals surface area (Å²) in [6, 6.07) is 0.802. The van der Waals surface area contributed by atoms with Gasteiger partial charge in [0.15, 0.2) is 0 Å². The maximum Gasteiger partial charge on any atom is 0.0759 e. The normalized spacial score (nSPS) is 27.7. The SMILES string of the molecule is CC(C)/C(=C\C1CCCO1)CNC1CC1. The smallest absolute Gasteiger partial charge is 0.0759 e. The predicted octanol–water partition coefficient (Wildman–Crippen LogP) is 2.50. The zero-order chi connectivity index (χ0) is 10.7. The molecule has 2 fully saturated rings. The average molecular weight is 209 g/mol. The molecule has 86 valence electrons. The van der Waals surface area contributed by atoms with Gasteiger partial charge in [0, 0.05) is 19.2 Å². The minimum absolute atomic E-state index is 0.392. The van der Waals surface area contributed by atoms with Gasteiger partial charge in [-0.3, -0.25) is 0 Å². The van der Waals surface area contributed by atoms with Gasteiger partial charge in [0.1, 0.15) is 0 Å². The van der Waals surface area contributed by atoms with Crippen LogP contribution in [0.1, 0.15) is 39.5 Å². The van der Waals surface area contributed by atoms with Gasteiger partial charge in [-0.1, -0.05) is 25.5 Å². The maximum absolute atomic E-state index is 5.65. The third kappa shape index (κ3) is 3.62. The van der Waals surface area contributed by atoms with E-state index in [-0.39, 0.29) is 0 Å². The summed E-state index contributed by atoms with van der Waals surface area (Å²) in [6.07, 6.45) is 7.91. The van der Waals surface area contributed by atoms with Gasteiger partial charge in [-0.15, -0.1) is 0 Å². The lowest BCUT2D eigenvalue weighted by Crippen LogP contribution is -2.22. The van der Waals surface area contributed by atoms with Crippen LogP contribution in [0.15, 0.2) is 11.6 Å². The highest BCUT2D eigenvalue weighted by molar-refractivity contribution is 5.11. The first kappa shape index (κ1) is 11.2. The van der Waals surface area contributed by atoms with Crippen molar-refractivity contribution in [1.82, 2.24) is 5.32 Å². The fraction of sp³-hybridized carbons (Fsp3) is 0.846. The van der Waals surface area contributed by atoms with Crippen LogP contribution in [0, 0.1) is 5.92 Å². The van der Waals surface area contributed by atoms with Crippen LogP contribution in [0.25, 0.3) is 0 Å². The Morgan fingerprint density at radius 1 is 1.40 bits per heavy atom. The van der Waals surface area contributed by atoms with Crippen molar-refractivity contribution in [3.8, 4) is 0 Å². The molecule has 1 saturated heterocycles. The van der Waals surface area contributed by atoms with Crippen LogP contribution >= 0.6 is 0 Å². The van der Waals surface area contributed by atoms with Crippen LogP contribution in [0.4, 0.5) is 0 Å². The van der Waals surface area contributed by atoms with Crippen molar-refractivity contribution in [2.75, 3.05) is 13.2 Å². The molecule has 1 N–H and O–H groups in total. The molecular weight excluding hydrogens is 186 g/mol. The third-order valence-electron chi connectivity index (χ3n) is 3.28. The van der Waals surface area contributed by atoms with Crippen molar-refractivity contribution < 1.29 is 4.74 Å². The highest BCUT2D eigenvalue weighted by atomic mass is 16.5. The van der Waals surface area contributed by atoms with Crippen molar-refractivity contribution in [1.29, 1.82) is 0 Å². The monoisotopic (exact) mass is 209 g/mol. The lowest BCUT2D eigenvalue weighted by atomic mass is 10.0. The summed E-state index contributed by atoms with van der Waals surface area (Å²) in [5.41, 5.74) is 1.52. The zero-order valence-electron chi connectivity index (χ0n) is 9.96. The summed E-state index contributed by atoms with van der Waals surface area (Å²) >= 11 is 0. The Morgan fingerprint density at radius 2 is 2.20 bits per heavy atom. The van der Waals surface area contributed by atoms with E-state index >= 15 is 0 Å². The summed E-state index contributed by atoms with van der Waals surface area (Å²) < 4.78 is 5.65.